The molecule has 1 unspecified atom stereocenters. The molecule has 6 nitrogen and oxygen atoms in total. The predicted octanol–water partition coefficient (Wildman–Crippen LogP) is 5.50. The van der Waals surface area contributed by atoms with Crippen molar-refractivity contribution in [3.8, 4) is 34.5 Å². The number of rotatable bonds is 4. The molecule has 0 aromatic heterocycles. The van der Waals surface area contributed by atoms with Gasteiger partial charge in [0.2, 0.25) is 0 Å². The van der Waals surface area contributed by atoms with Crippen molar-refractivity contribution < 1.29 is 30.3 Å². The van der Waals surface area contributed by atoms with Crippen LogP contribution in [0.2, 0.25) is 0 Å². The fourth-order valence-electron chi connectivity index (χ4n) is 2.33. The molecule has 3 aromatic carbocycles. The molecule has 0 aliphatic heterocycles. The molecule has 0 aliphatic rings. The van der Waals surface area contributed by atoms with Gasteiger partial charge in [-0.15, -0.1) is 0 Å². The largest absolute Gasteiger partial charge is 0.508 e. The Morgan fingerprint density at radius 3 is 1.67 bits per heavy atom. The van der Waals surface area contributed by atoms with E-state index in [0.717, 1.165) is 0 Å². The molecule has 5 N–H and O–H groups in total. The van der Waals surface area contributed by atoms with E-state index >= 15 is 0 Å². The van der Waals surface area contributed by atoms with Gasteiger partial charge >= 0.3 is 0 Å². The van der Waals surface area contributed by atoms with E-state index in [-0.39, 0.29) is 34.7 Å². The fourth-order valence-corrected chi connectivity index (χ4v) is 2.33. The first-order valence-corrected chi connectivity index (χ1v) is 9.68. The Morgan fingerprint density at radius 2 is 1.20 bits per heavy atom. The monoisotopic (exact) mass is 414 g/mol. The molecule has 0 heterocycles. The van der Waals surface area contributed by atoms with Gasteiger partial charge in [-0.3, -0.25) is 0 Å². The molecule has 0 amide bonds. The van der Waals surface area contributed by atoms with E-state index in [0.29, 0.717) is 17.9 Å². The maximum Gasteiger partial charge on any atom is 0.123 e. The summed E-state index contributed by atoms with van der Waals surface area (Å²) in [7, 11) is 0. The molecule has 3 rings (SSSR count). The predicted molar refractivity (Wildman–Crippen MR) is 118 cm³/mol. The van der Waals surface area contributed by atoms with E-state index in [4.69, 9.17) is 14.9 Å². The zero-order valence-corrected chi connectivity index (χ0v) is 17.5. The number of phenolic OH excluding ortho intramolecular Hbond substituents is 5. The van der Waals surface area contributed by atoms with Crippen LogP contribution in [0.25, 0.3) is 0 Å². The summed E-state index contributed by atoms with van der Waals surface area (Å²) >= 11 is 0. The molecule has 0 bridgehead atoms. The maximum atomic E-state index is 9.75. The highest BCUT2D eigenvalue weighted by atomic mass is 16.5. The first kappa shape index (κ1) is 24.5. The summed E-state index contributed by atoms with van der Waals surface area (Å²) in [5.41, 5.74) is 0.706. The van der Waals surface area contributed by atoms with Crippen molar-refractivity contribution in [3.63, 3.8) is 0 Å². The van der Waals surface area contributed by atoms with Gasteiger partial charge < -0.3 is 30.3 Å². The normalized spacial score (nSPS) is 10.6. The second-order valence-corrected chi connectivity index (χ2v) is 6.68. The summed E-state index contributed by atoms with van der Waals surface area (Å²) in [6, 6.07) is 16.9. The first-order valence-electron chi connectivity index (χ1n) is 9.68. The lowest BCUT2D eigenvalue weighted by Gasteiger charge is -2.15. The minimum absolute atomic E-state index is 0.0300. The first-order chi connectivity index (χ1) is 14.3. The summed E-state index contributed by atoms with van der Waals surface area (Å²) < 4.78 is 5.55. The van der Waals surface area contributed by atoms with Crippen LogP contribution in [-0.4, -0.2) is 32.1 Å². The number of hydrogen-bond donors (Lipinski definition) is 5. The Kier molecular flexibility index (Phi) is 10.5. The van der Waals surface area contributed by atoms with Crippen molar-refractivity contribution in [2.24, 2.45) is 0 Å². The molecule has 30 heavy (non-hydrogen) atoms. The van der Waals surface area contributed by atoms with Crippen LogP contribution in [0, 0.1) is 0 Å². The highest BCUT2D eigenvalue weighted by Gasteiger charge is 2.12. The van der Waals surface area contributed by atoms with Gasteiger partial charge in [-0.25, -0.2) is 0 Å². The van der Waals surface area contributed by atoms with Crippen molar-refractivity contribution >= 4 is 0 Å². The summed E-state index contributed by atoms with van der Waals surface area (Å²) in [6.07, 6.45) is 1.25. The van der Waals surface area contributed by atoms with Gasteiger partial charge in [-0.1, -0.05) is 45.4 Å². The molecule has 0 fully saturated rings. The Morgan fingerprint density at radius 1 is 0.700 bits per heavy atom. The average Bonchev–Trinajstić information content (AvgIpc) is 2.67. The van der Waals surface area contributed by atoms with E-state index in [9.17, 15) is 15.3 Å². The minimum atomic E-state index is -0.0389. The lowest BCUT2D eigenvalue weighted by molar-refractivity contribution is 0.291. The molecule has 0 radical (unpaired) electrons. The van der Waals surface area contributed by atoms with Crippen LogP contribution in [0.3, 0.4) is 0 Å². The van der Waals surface area contributed by atoms with Gasteiger partial charge in [0, 0.05) is 29.7 Å². The van der Waals surface area contributed by atoms with E-state index in [1.807, 2.05) is 6.92 Å². The summed E-state index contributed by atoms with van der Waals surface area (Å²) in [5.74, 6) is 0.940. The summed E-state index contributed by atoms with van der Waals surface area (Å²) in [5, 5.41) is 45.6. The SMILES string of the molecule is CC(COc1cccc(O)c1)c1ccc(O)cc1O.CCC.Oc1cccc(O)c1. The Bertz CT molecular complexity index is 877. The Labute approximate surface area is 177 Å². The van der Waals surface area contributed by atoms with Crippen LogP contribution >= 0.6 is 0 Å². The van der Waals surface area contributed by atoms with Gasteiger partial charge in [-0.2, -0.15) is 0 Å². The maximum absolute atomic E-state index is 9.75. The average molecular weight is 414 g/mol. The molecule has 3 aromatic rings. The molecule has 0 saturated heterocycles. The summed E-state index contributed by atoms with van der Waals surface area (Å²) in [6.45, 7) is 6.52. The third-order valence-corrected chi connectivity index (χ3v) is 3.69. The van der Waals surface area contributed by atoms with Crippen LogP contribution in [0.15, 0.2) is 66.7 Å². The Hall–Kier alpha value is -3.54. The quantitative estimate of drug-likeness (QED) is 0.386. The van der Waals surface area contributed by atoms with Gasteiger partial charge in [0.15, 0.2) is 0 Å². The zero-order chi connectivity index (χ0) is 22.5. The van der Waals surface area contributed by atoms with Gasteiger partial charge in [0.1, 0.15) is 34.5 Å². The second kappa shape index (κ2) is 12.8. The van der Waals surface area contributed by atoms with Crippen molar-refractivity contribution in [3.05, 3.63) is 72.3 Å². The molecular formula is C24H30O6. The highest BCUT2D eigenvalue weighted by Crippen LogP contribution is 2.29. The zero-order valence-electron chi connectivity index (χ0n) is 17.5. The number of benzene rings is 3. The third kappa shape index (κ3) is 9.10. The summed E-state index contributed by atoms with van der Waals surface area (Å²) in [4.78, 5) is 0. The fraction of sp³-hybridized carbons (Fsp3) is 0.250. The van der Waals surface area contributed by atoms with Gasteiger partial charge in [0.05, 0.1) is 6.61 Å². The van der Waals surface area contributed by atoms with E-state index < -0.39 is 0 Å². The number of hydrogen-bond acceptors (Lipinski definition) is 6. The molecule has 6 heteroatoms. The molecular weight excluding hydrogens is 384 g/mol. The number of phenols is 5. The van der Waals surface area contributed by atoms with Gasteiger partial charge in [0.25, 0.3) is 0 Å². The molecule has 1 atom stereocenters. The second-order valence-electron chi connectivity index (χ2n) is 6.68. The van der Waals surface area contributed by atoms with Crippen molar-refractivity contribution in [2.75, 3.05) is 6.61 Å². The van der Waals surface area contributed by atoms with Crippen LogP contribution in [0.5, 0.6) is 34.5 Å². The van der Waals surface area contributed by atoms with E-state index in [2.05, 4.69) is 13.8 Å². The van der Waals surface area contributed by atoms with Crippen LogP contribution in [0.1, 0.15) is 38.7 Å². The Balaban J connectivity index is 0.000000338. The van der Waals surface area contributed by atoms with E-state index in [1.165, 1.54) is 42.8 Å². The van der Waals surface area contributed by atoms with Crippen molar-refractivity contribution in [1.29, 1.82) is 0 Å². The standard InChI is InChI=1S/C15H16O4.C6H6O2.C3H8/c1-10(14-6-5-12(17)8-15(14)18)9-19-13-4-2-3-11(16)7-13;7-5-2-1-3-6(8)4-5;1-3-2/h2-8,10,16-18H,9H2,1H3;1-4,7-8H;3H2,1-2H3. The lowest BCUT2D eigenvalue weighted by Crippen LogP contribution is -2.07. The van der Waals surface area contributed by atoms with Crippen molar-refractivity contribution in [2.45, 2.75) is 33.1 Å². The van der Waals surface area contributed by atoms with Crippen LogP contribution in [0.4, 0.5) is 0 Å². The number of aromatic hydroxyl groups is 5. The topological polar surface area (TPSA) is 110 Å². The van der Waals surface area contributed by atoms with E-state index in [1.54, 1.807) is 30.3 Å². The van der Waals surface area contributed by atoms with Crippen molar-refractivity contribution in [1.82, 2.24) is 0 Å². The van der Waals surface area contributed by atoms with Gasteiger partial charge in [-0.05, 0) is 30.3 Å². The number of ether oxygens (including phenoxy) is 1. The molecule has 0 spiro atoms. The smallest absolute Gasteiger partial charge is 0.123 e. The van der Waals surface area contributed by atoms with Crippen LogP contribution < -0.4 is 4.74 Å². The highest BCUT2D eigenvalue weighted by molar-refractivity contribution is 5.41. The molecule has 0 aliphatic carbocycles. The minimum Gasteiger partial charge on any atom is -0.508 e. The molecule has 162 valence electrons. The lowest BCUT2D eigenvalue weighted by atomic mass is 10.0. The van der Waals surface area contributed by atoms with Crippen LogP contribution in [-0.2, 0) is 0 Å². The molecule has 0 saturated carbocycles. The third-order valence-electron chi connectivity index (χ3n) is 3.69.